The summed E-state index contributed by atoms with van der Waals surface area (Å²) in [5, 5.41) is 2.08. The molecule has 1 saturated heterocycles. The molecule has 0 saturated carbocycles. The molecular formula is C26H28N2O6. The van der Waals surface area contributed by atoms with Crippen molar-refractivity contribution in [1.29, 1.82) is 0 Å². The highest BCUT2D eigenvalue weighted by molar-refractivity contribution is 5.84. The third kappa shape index (κ3) is 4.98. The molecule has 0 amide bonds. The maximum Gasteiger partial charge on any atom is 0.251 e. The molecule has 0 bridgehead atoms. The summed E-state index contributed by atoms with van der Waals surface area (Å²) in [6.07, 6.45) is -0.357. The highest BCUT2D eigenvalue weighted by Gasteiger charge is 2.18. The second kappa shape index (κ2) is 10.1. The number of nitrogens with one attached hydrogen (secondary N) is 1. The topological polar surface area (TPSA) is 91.8 Å². The number of benzene rings is 2. The van der Waals surface area contributed by atoms with E-state index in [9.17, 15) is 9.59 Å². The van der Waals surface area contributed by atoms with E-state index in [1.54, 1.807) is 30.9 Å². The van der Waals surface area contributed by atoms with Crippen LogP contribution in [0.2, 0.25) is 0 Å². The molecule has 2 aromatic carbocycles. The molecule has 0 radical (unpaired) electrons. The van der Waals surface area contributed by atoms with Crippen molar-refractivity contribution in [3.05, 3.63) is 80.4 Å². The summed E-state index contributed by atoms with van der Waals surface area (Å²) >= 11 is 0. The molecule has 4 aromatic rings. The number of aryl methyl sites for hydroxylation is 2. The van der Waals surface area contributed by atoms with Gasteiger partial charge in [0.2, 0.25) is 5.56 Å². The van der Waals surface area contributed by atoms with Crippen LogP contribution in [0.4, 0.5) is 0 Å². The standard InChI is InChI=1S/C15H17NO4.C11H11NO2/c1-10-7-14(17)16(9-15-19-5-6-20-15)13-8-11(18-2)3-4-12(10)13;1-7-5-11(13)12-10-6-8(14-2)3-4-9(7)10/h3-4,7-8,15H,5-6,9H2,1-2H3;3-6H,1-2H3,(H,12,13). The third-order valence-corrected chi connectivity index (χ3v) is 5.81. The van der Waals surface area contributed by atoms with Crippen LogP contribution in [0, 0.1) is 13.8 Å². The van der Waals surface area contributed by atoms with Crippen LogP contribution in [0.5, 0.6) is 11.5 Å². The van der Waals surface area contributed by atoms with Crippen molar-refractivity contribution >= 4 is 21.8 Å². The second-order valence-corrected chi connectivity index (χ2v) is 8.06. The normalized spacial score (nSPS) is 13.6. The van der Waals surface area contributed by atoms with Crippen molar-refractivity contribution in [3.63, 3.8) is 0 Å². The Morgan fingerprint density at radius 2 is 1.50 bits per heavy atom. The van der Waals surface area contributed by atoms with Crippen LogP contribution >= 0.6 is 0 Å². The van der Waals surface area contributed by atoms with Crippen LogP contribution in [0.25, 0.3) is 21.8 Å². The smallest absolute Gasteiger partial charge is 0.251 e. The number of H-pyrrole nitrogens is 1. The summed E-state index contributed by atoms with van der Waals surface area (Å²) in [6.45, 7) is 5.40. The summed E-state index contributed by atoms with van der Waals surface area (Å²) in [5.41, 5.74) is 3.46. The molecule has 8 heteroatoms. The van der Waals surface area contributed by atoms with Gasteiger partial charge in [-0.1, -0.05) is 0 Å². The van der Waals surface area contributed by atoms with E-state index < -0.39 is 0 Å². The number of hydrogen-bond acceptors (Lipinski definition) is 6. The number of ether oxygens (including phenoxy) is 4. The van der Waals surface area contributed by atoms with E-state index in [0.717, 1.165) is 44.4 Å². The largest absolute Gasteiger partial charge is 0.497 e. The fourth-order valence-corrected chi connectivity index (χ4v) is 4.05. The molecule has 0 atom stereocenters. The first-order valence-corrected chi connectivity index (χ1v) is 11.0. The van der Waals surface area contributed by atoms with Crippen molar-refractivity contribution < 1.29 is 18.9 Å². The predicted octanol–water partition coefficient (Wildman–Crippen LogP) is 3.54. The SMILES string of the molecule is COc1ccc2c(C)cc(=O)[nH]c2c1.COc1ccc2c(C)cc(=O)n(CC3OCCO3)c2c1. The number of nitrogens with zero attached hydrogens (tertiary/aromatic N) is 1. The zero-order valence-corrected chi connectivity index (χ0v) is 19.7. The molecule has 0 spiro atoms. The average Bonchev–Trinajstić information content (AvgIpc) is 3.34. The molecule has 1 aliphatic rings. The van der Waals surface area contributed by atoms with Gasteiger partial charge in [0.05, 0.1) is 45.0 Å². The van der Waals surface area contributed by atoms with Gasteiger partial charge in [-0.05, 0) is 49.2 Å². The third-order valence-electron chi connectivity index (χ3n) is 5.81. The molecule has 1 N–H and O–H groups in total. The van der Waals surface area contributed by atoms with Gasteiger partial charge in [-0.2, -0.15) is 0 Å². The minimum atomic E-state index is -0.357. The molecule has 5 rings (SSSR count). The van der Waals surface area contributed by atoms with E-state index in [0.29, 0.717) is 19.8 Å². The van der Waals surface area contributed by atoms with E-state index >= 15 is 0 Å². The van der Waals surface area contributed by atoms with Crippen LogP contribution in [-0.2, 0) is 16.0 Å². The van der Waals surface area contributed by atoms with E-state index in [1.807, 2.05) is 50.2 Å². The summed E-state index contributed by atoms with van der Waals surface area (Å²) in [6, 6.07) is 14.6. The van der Waals surface area contributed by atoms with Crippen molar-refractivity contribution in [2.24, 2.45) is 0 Å². The van der Waals surface area contributed by atoms with Gasteiger partial charge in [-0.25, -0.2) is 0 Å². The minimum Gasteiger partial charge on any atom is -0.497 e. The fourth-order valence-electron chi connectivity index (χ4n) is 4.05. The molecule has 178 valence electrons. The summed E-state index contributed by atoms with van der Waals surface area (Å²) in [5.74, 6) is 1.48. The van der Waals surface area contributed by atoms with E-state index in [2.05, 4.69) is 4.98 Å². The van der Waals surface area contributed by atoms with Crippen molar-refractivity contribution in [2.75, 3.05) is 27.4 Å². The molecule has 8 nitrogen and oxygen atoms in total. The number of aromatic nitrogens is 2. The van der Waals surface area contributed by atoms with Crippen LogP contribution in [0.1, 0.15) is 11.1 Å². The zero-order valence-electron chi connectivity index (χ0n) is 19.7. The van der Waals surface area contributed by atoms with Crippen LogP contribution < -0.4 is 20.6 Å². The Labute approximate surface area is 196 Å². The number of methoxy groups -OCH3 is 2. The second-order valence-electron chi connectivity index (χ2n) is 8.06. The van der Waals surface area contributed by atoms with Crippen LogP contribution in [0.15, 0.2) is 58.1 Å². The molecule has 2 aromatic heterocycles. The van der Waals surface area contributed by atoms with Gasteiger partial charge >= 0.3 is 0 Å². The van der Waals surface area contributed by atoms with Gasteiger partial charge in [0.1, 0.15) is 11.5 Å². The van der Waals surface area contributed by atoms with Crippen molar-refractivity contribution in [2.45, 2.75) is 26.7 Å². The monoisotopic (exact) mass is 464 g/mol. The number of pyridine rings is 2. The Balaban J connectivity index is 0.000000172. The van der Waals surface area contributed by atoms with Gasteiger partial charge in [0, 0.05) is 35.0 Å². The molecule has 1 fully saturated rings. The first-order chi connectivity index (χ1) is 16.4. The Hall–Kier alpha value is -3.62. The summed E-state index contributed by atoms with van der Waals surface area (Å²) in [7, 11) is 3.22. The number of aromatic amines is 1. The Bertz CT molecular complexity index is 1430. The first kappa shape index (κ1) is 23.5. The lowest BCUT2D eigenvalue weighted by Gasteiger charge is -2.16. The maximum absolute atomic E-state index is 12.3. The van der Waals surface area contributed by atoms with E-state index in [1.165, 1.54) is 0 Å². The summed E-state index contributed by atoms with van der Waals surface area (Å²) in [4.78, 5) is 26.2. The Morgan fingerprint density at radius 3 is 2.18 bits per heavy atom. The average molecular weight is 465 g/mol. The van der Waals surface area contributed by atoms with Gasteiger partial charge in [-0.15, -0.1) is 0 Å². The molecule has 3 heterocycles. The number of rotatable bonds is 4. The molecule has 0 unspecified atom stereocenters. The number of hydrogen-bond donors (Lipinski definition) is 1. The van der Waals surface area contributed by atoms with Crippen molar-refractivity contribution in [3.8, 4) is 11.5 Å². The fraction of sp³-hybridized carbons (Fsp3) is 0.308. The van der Waals surface area contributed by atoms with Gasteiger partial charge in [0.15, 0.2) is 6.29 Å². The molecule has 1 aliphatic heterocycles. The lowest BCUT2D eigenvalue weighted by molar-refractivity contribution is -0.0522. The quantitative estimate of drug-likeness (QED) is 0.497. The molecular weight excluding hydrogens is 436 g/mol. The van der Waals surface area contributed by atoms with E-state index in [4.69, 9.17) is 18.9 Å². The lowest BCUT2D eigenvalue weighted by atomic mass is 10.1. The lowest BCUT2D eigenvalue weighted by Crippen LogP contribution is -2.27. The molecule has 34 heavy (non-hydrogen) atoms. The highest BCUT2D eigenvalue weighted by Crippen LogP contribution is 2.23. The van der Waals surface area contributed by atoms with Gasteiger partial charge in [-0.3, -0.25) is 9.59 Å². The predicted molar refractivity (Wildman–Crippen MR) is 131 cm³/mol. The van der Waals surface area contributed by atoms with Gasteiger partial charge < -0.3 is 28.5 Å². The Morgan fingerprint density at radius 1 is 0.882 bits per heavy atom. The highest BCUT2D eigenvalue weighted by atomic mass is 16.7. The zero-order chi connectivity index (χ0) is 24.2. The van der Waals surface area contributed by atoms with Crippen molar-refractivity contribution in [1.82, 2.24) is 9.55 Å². The summed E-state index contributed by atoms with van der Waals surface area (Å²) < 4.78 is 22.9. The molecule has 0 aliphatic carbocycles. The number of fused-ring (bicyclic) bond motifs is 2. The Kier molecular flexibility index (Phi) is 7.00. The van der Waals surface area contributed by atoms with E-state index in [-0.39, 0.29) is 17.4 Å². The van der Waals surface area contributed by atoms with Gasteiger partial charge in [0.25, 0.3) is 5.56 Å². The minimum absolute atomic E-state index is 0.0534. The first-order valence-electron chi connectivity index (χ1n) is 11.0. The van der Waals surface area contributed by atoms with Crippen LogP contribution in [0.3, 0.4) is 0 Å². The maximum atomic E-state index is 12.3. The van der Waals surface area contributed by atoms with Crippen LogP contribution in [-0.4, -0.2) is 43.3 Å².